The van der Waals surface area contributed by atoms with Crippen molar-refractivity contribution in [3.05, 3.63) is 47.1 Å². The highest BCUT2D eigenvalue weighted by Crippen LogP contribution is 2.40. The topological polar surface area (TPSA) is 22.1 Å². The molecule has 2 aromatic rings. The summed E-state index contributed by atoms with van der Waals surface area (Å²) < 4.78 is 78.8. The highest BCUT2D eigenvalue weighted by molar-refractivity contribution is 6.31. The fraction of sp³-hybridized carbons (Fsp3) is 0.154. The highest BCUT2D eigenvalue weighted by Gasteiger charge is 2.37. The minimum Gasteiger partial charge on any atom is -0.406 e. The van der Waals surface area contributed by atoms with Crippen LogP contribution in [0.4, 0.5) is 26.3 Å². The molecule has 0 saturated heterocycles. The Morgan fingerprint density at radius 3 is 2.00 bits per heavy atom. The minimum absolute atomic E-state index is 0.0376. The van der Waals surface area contributed by atoms with Crippen LogP contribution in [-0.4, -0.2) is 11.3 Å². The molecule has 1 aromatic heterocycles. The van der Waals surface area contributed by atoms with E-state index in [1.165, 1.54) is 0 Å². The van der Waals surface area contributed by atoms with E-state index >= 15 is 0 Å². The molecular weight excluding hydrogens is 336 g/mol. The number of ether oxygens (including phenoxy) is 1. The van der Waals surface area contributed by atoms with Crippen molar-refractivity contribution in [1.29, 1.82) is 0 Å². The van der Waals surface area contributed by atoms with Crippen LogP contribution in [0.1, 0.15) is 5.56 Å². The summed E-state index contributed by atoms with van der Waals surface area (Å²) in [5.41, 5.74) is -1.66. The molecule has 118 valence electrons. The van der Waals surface area contributed by atoms with Crippen molar-refractivity contribution < 1.29 is 31.1 Å². The standard InChI is InChI=1S/C13H6ClF6NO/c14-9-5-6-21-11(10(9)12(15,16)17)7-1-3-8(4-2-7)22-13(18,19)20/h1-6H. The van der Waals surface area contributed by atoms with E-state index in [1.54, 1.807) is 0 Å². The number of nitrogens with zero attached hydrogens (tertiary/aromatic N) is 1. The van der Waals surface area contributed by atoms with Crippen molar-refractivity contribution >= 4 is 11.6 Å². The maximum Gasteiger partial charge on any atom is 0.573 e. The van der Waals surface area contributed by atoms with E-state index in [9.17, 15) is 26.3 Å². The molecule has 0 unspecified atom stereocenters. The second-order valence-corrected chi connectivity index (χ2v) is 4.49. The first-order valence-electron chi connectivity index (χ1n) is 5.66. The summed E-state index contributed by atoms with van der Waals surface area (Å²) in [6.45, 7) is 0. The first kappa shape index (κ1) is 16.4. The van der Waals surface area contributed by atoms with Gasteiger partial charge in [0, 0.05) is 11.8 Å². The molecular formula is C13H6ClF6NO. The average Bonchev–Trinajstić information content (AvgIpc) is 2.36. The Morgan fingerprint density at radius 2 is 1.50 bits per heavy atom. The average molecular weight is 342 g/mol. The van der Waals surface area contributed by atoms with Gasteiger partial charge in [-0.2, -0.15) is 13.2 Å². The van der Waals surface area contributed by atoms with E-state index in [2.05, 4.69) is 9.72 Å². The Bertz CT molecular complexity index is 666. The lowest BCUT2D eigenvalue weighted by atomic mass is 10.1. The molecule has 0 spiro atoms. The molecule has 1 aromatic carbocycles. The fourth-order valence-electron chi connectivity index (χ4n) is 1.74. The summed E-state index contributed by atoms with van der Waals surface area (Å²) in [4.78, 5) is 3.61. The van der Waals surface area contributed by atoms with Crippen LogP contribution >= 0.6 is 11.6 Å². The highest BCUT2D eigenvalue weighted by atomic mass is 35.5. The first-order valence-corrected chi connectivity index (χ1v) is 6.03. The van der Waals surface area contributed by atoms with E-state index in [-0.39, 0.29) is 5.56 Å². The summed E-state index contributed by atoms with van der Waals surface area (Å²) in [7, 11) is 0. The van der Waals surface area contributed by atoms with Gasteiger partial charge in [0.25, 0.3) is 0 Å². The number of halogens is 7. The summed E-state index contributed by atoms with van der Waals surface area (Å²) in [5.74, 6) is -0.549. The molecule has 0 fully saturated rings. The van der Waals surface area contributed by atoms with Gasteiger partial charge >= 0.3 is 12.5 Å². The maximum atomic E-state index is 13.0. The van der Waals surface area contributed by atoms with Gasteiger partial charge < -0.3 is 4.74 Å². The minimum atomic E-state index is -4.88. The Kier molecular flexibility index (Phi) is 4.23. The number of benzene rings is 1. The fourth-order valence-corrected chi connectivity index (χ4v) is 1.99. The van der Waals surface area contributed by atoms with E-state index in [4.69, 9.17) is 11.6 Å². The Hall–Kier alpha value is -1.96. The Morgan fingerprint density at radius 1 is 0.909 bits per heavy atom. The van der Waals surface area contributed by atoms with E-state index in [0.29, 0.717) is 0 Å². The van der Waals surface area contributed by atoms with Crippen molar-refractivity contribution in [2.24, 2.45) is 0 Å². The third-order valence-corrected chi connectivity index (χ3v) is 2.86. The number of aromatic nitrogens is 1. The van der Waals surface area contributed by atoms with Crippen LogP contribution < -0.4 is 4.74 Å². The molecule has 0 atom stereocenters. The zero-order valence-electron chi connectivity index (χ0n) is 10.5. The van der Waals surface area contributed by atoms with E-state index in [1.807, 2.05) is 0 Å². The van der Waals surface area contributed by atoms with Gasteiger partial charge in [-0.3, -0.25) is 4.98 Å². The first-order chi connectivity index (χ1) is 10.1. The molecule has 0 bridgehead atoms. The summed E-state index contributed by atoms with van der Waals surface area (Å²) in [5, 5.41) is -0.548. The smallest absolute Gasteiger partial charge is 0.406 e. The van der Waals surface area contributed by atoms with Crippen LogP contribution in [-0.2, 0) is 6.18 Å². The van der Waals surface area contributed by atoms with Gasteiger partial charge in [-0.15, -0.1) is 13.2 Å². The van der Waals surface area contributed by atoms with Gasteiger partial charge in [0.2, 0.25) is 0 Å². The molecule has 0 aliphatic rings. The zero-order valence-corrected chi connectivity index (χ0v) is 11.2. The lowest BCUT2D eigenvalue weighted by Gasteiger charge is -2.14. The quantitative estimate of drug-likeness (QED) is 0.690. The van der Waals surface area contributed by atoms with E-state index < -0.39 is 34.6 Å². The largest absolute Gasteiger partial charge is 0.573 e. The lowest BCUT2D eigenvalue weighted by molar-refractivity contribution is -0.274. The van der Waals surface area contributed by atoms with Crippen molar-refractivity contribution in [1.82, 2.24) is 4.98 Å². The molecule has 22 heavy (non-hydrogen) atoms. The molecule has 2 nitrogen and oxygen atoms in total. The van der Waals surface area contributed by atoms with E-state index in [0.717, 1.165) is 36.5 Å². The summed E-state index contributed by atoms with van der Waals surface area (Å²) in [6.07, 6.45) is -8.55. The van der Waals surface area contributed by atoms with Gasteiger partial charge in [0.15, 0.2) is 0 Å². The normalized spacial score (nSPS) is 12.3. The van der Waals surface area contributed by atoms with Crippen molar-refractivity contribution in [3.8, 4) is 17.0 Å². The molecule has 1 heterocycles. The number of pyridine rings is 1. The Labute approximate surface area is 125 Å². The predicted molar refractivity (Wildman–Crippen MR) is 66.4 cm³/mol. The van der Waals surface area contributed by atoms with Crippen LogP contribution in [0, 0.1) is 0 Å². The lowest BCUT2D eigenvalue weighted by Crippen LogP contribution is -2.17. The Balaban J connectivity index is 2.43. The van der Waals surface area contributed by atoms with Gasteiger partial charge in [-0.05, 0) is 30.3 Å². The number of alkyl halides is 6. The van der Waals surface area contributed by atoms with Crippen molar-refractivity contribution in [3.63, 3.8) is 0 Å². The molecule has 9 heteroatoms. The molecule has 2 rings (SSSR count). The molecule has 0 saturated carbocycles. The monoisotopic (exact) mass is 341 g/mol. The maximum absolute atomic E-state index is 13.0. The number of rotatable bonds is 2. The van der Waals surface area contributed by atoms with Crippen LogP contribution in [0.3, 0.4) is 0 Å². The van der Waals surface area contributed by atoms with Gasteiger partial charge in [0.1, 0.15) is 11.3 Å². The zero-order chi connectivity index (χ0) is 16.5. The third kappa shape index (κ3) is 3.82. The molecule has 0 amide bonds. The van der Waals surface area contributed by atoms with Crippen LogP contribution in [0.5, 0.6) is 5.75 Å². The third-order valence-electron chi connectivity index (χ3n) is 2.54. The molecule has 0 aliphatic carbocycles. The predicted octanol–water partition coefficient (Wildman–Crippen LogP) is 5.32. The van der Waals surface area contributed by atoms with Crippen molar-refractivity contribution in [2.75, 3.05) is 0 Å². The second kappa shape index (κ2) is 5.68. The van der Waals surface area contributed by atoms with Crippen LogP contribution in [0.25, 0.3) is 11.3 Å². The summed E-state index contributed by atoms with van der Waals surface area (Å²) >= 11 is 5.55. The molecule has 0 aliphatic heterocycles. The number of hydrogen-bond acceptors (Lipinski definition) is 2. The van der Waals surface area contributed by atoms with Crippen LogP contribution in [0.2, 0.25) is 5.02 Å². The van der Waals surface area contributed by atoms with Gasteiger partial charge in [0.05, 0.1) is 10.7 Å². The van der Waals surface area contributed by atoms with Gasteiger partial charge in [-0.1, -0.05) is 11.6 Å². The van der Waals surface area contributed by atoms with Crippen LogP contribution in [0.15, 0.2) is 36.5 Å². The van der Waals surface area contributed by atoms with Crippen molar-refractivity contribution in [2.45, 2.75) is 12.5 Å². The molecule has 0 N–H and O–H groups in total. The van der Waals surface area contributed by atoms with Gasteiger partial charge in [-0.25, -0.2) is 0 Å². The summed E-state index contributed by atoms with van der Waals surface area (Å²) in [6, 6.07) is 4.84. The molecule has 0 radical (unpaired) electrons. The second-order valence-electron chi connectivity index (χ2n) is 4.09. The number of hydrogen-bond donors (Lipinski definition) is 0. The SMILES string of the molecule is FC(F)(F)Oc1ccc(-c2nccc(Cl)c2C(F)(F)F)cc1.